The smallest absolute Gasteiger partial charge is 0.237 e. The van der Waals surface area contributed by atoms with Gasteiger partial charge in [0.25, 0.3) is 0 Å². The Kier molecular flexibility index (Phi) is 4.19. The van der Waals surface area contributed by atoms with Crippen molar-refractivity contribution in [1.29, 1.82) is 0 Å². The van der Waals surface area contributed by atoms with Crippen molar-refractivity contribution in [3.63, 3.8) is 0 Å². The standard InChI is InChI=1S/C11H16N4OS/c1-2-15(9-5-3-4-6-9)10(16)7-17-11-12-8-13-14-11/h5,8H,2-4,6-7H2,1H3,(H,12,13,14). The van der Waals surface area contributed by atoms with Gasteiger partial charge in [-0.3, -0.25) is 9.89 Å². The number of thioether (sulfide) groups is 1. The average molecular weight is 252 g/mol. The molecule has 0 radical (unpaired) electrons. The number of nitrogens with one attached hydrogen (secondary N) is 1. The van der Waals surface area contributed by atoms with E-state index in [-0.39, 0.29) is 5.91 Å². The van der Waals surface area contributed by atoms with Gasteiger partial charge in [0.05, 0.1) is 5.75 Å². The number of hydrogen-bond donors (Lipinski definition) is 1. The predicted molar refractivity (Wildman–Crippen MR) is 66.4 cm³/mol. The molecule has 0 spiro atoms. The van der Waals surface area contributed by atoms with Gasteiger partial charge in [-0.2, -0.15) is 5.10 Å². The van der Waals surface area contributed by atoms with Gasteiger partial charge < -0.3 is 4.90 Å². The van der Waals surface area contributed by atoms with Crippen LogP contribution in [0.4, 0.5) is 0 Å². The van der Waals surface area contributed by atoms with Gasteiger partial charge in [0.1, 0.15) is 6.33 Å². The van der Waals surface area contributed by atoms with E-state index in [9.17, 15) is 4.79 Å². The molecule has 0 fully saturated rings. The van der Waals surface area contributed by atoms with Crippen molar-refractivity contribution in [3.05, 3.63) is 18.1 Å². The first kappa shape index (κ1) is 12.2. The monoisotopic (exact) mass is 252 g/mol. The summed E-state index contributed by atoms with van der Waals surface area (Å²) < 4.78 is 0. The second-order valence-electron chi connectivity index (χ2n) is 3.80. The molecular formula is C11H16N4OS. The maximum Gasteiger partial charge on any atom is 0.237 e. The van der Waals surface area contributed by atoms with Crippen molar-refractivity contribution >= 4 is 17.7 Å². The van der Waals surface area contributed by atoms with E-state index < -0.39 is 0 Å². The minimum atomic E-state index is 0.141. The summed E-state index contributed by atoms with van der Waals surface area (Å²) in [5.74, 6) is 0.544. The molecule has 0 saturated carbocycles. The van der Waals surface area contributed by atoms with Crippen LogP contribution in [0, 0.1) is 0 Å². The zero-order valence-corrected chi connectivity index (χ0v) is 10.7. The van der Waals surface area contributed by atoms with Gasteiger partial charge in [0.15, 0.2) is 5.16 Å². The number of amides is 1. The van der Waals surface area contributed by atoms with Crippen molar-refractivity contribution in [3.8, 4) is 0 Å². The highest BCUT2D eigenvalue weighted by atomic mass is 32.2. The highest BCUT2D eigenvalue weighted by molar-refractivity contribution is 7.99. The molecule has 0 unspecified atom stereocenters. The predicted octanol–water partition coefficient (Wildman–Crippen LogP) is 1.81. The molecule has 2 rings (SSSR count). The topological polar surface area (TPSA) is 61.9 Å². The summed E-state index contributed by atoms with van der Waals surface area (Å²) >= 11 is 1.39. The third-order valence-electron chi connectivity index (χ3n) is 2.71. The summed E-state index contributed by atoms with van der Waals surface area (Å²) in [6.45, 7) is 2.75. The van der Waals surface area contributed by atoms with Crippen LogP contribution in [0.2, 0.25) is 0 Å². The lowest BCUT2D eigenvalue weighted by Gasteiger charge is -2.21. The lowest BCUT2D eigenvalue weighted by atomic mass is 10.3. The van der Waals surface area contributed by atoms with Gasteiger partial charge >= 0.3 is 0 Å². The summed E-state index contributed by atoms with van der Waals surface area (Å²) in [6.07, 6.45) is 6.89. The van der Waals surface area contributed by atoms with Crippen molar-refractivity contribution in [2.75, 3.05) is 12.3 Å². The van der Waals surface area contributed by atoms with E-state index in [1.807, 2.05) is 11.8 Å². The minimum Gasteiger partial charge on any atom is -0.316 e. The number of carbonyl (C=O) groups excluding carboxylic acids is 1. The van der Waals surface area contributed by atoms with Crippen molar-refractivity contribution in [2.24, 2.45) is 0 Å². The summed E-state index contributed by atoms with van der Waals surface area (Å²) in [6, 6.07) is 0. The first-order chi connectivity index (χ1) is 8.31. The van der Waals surface area contributed by atoms with Gasteiger partial charge in [-0.15, -0.1) is 0 Å². The van der Waals surface area contributed by atoms with Crippen LogP contribution in [0.15, 0.2) is 23.3 Å². The van der Waals surface area contributed by atoms with Crippen LogP contribution in [0.3, 0.4) is 0 Å². The van der Waals surface area contributed by atoms with Crippen molar-refractivity contribution in [2.45, 2.75) is 31.3 Å². The zero-order chi connectivity index (χ0) is 12.1. The van der Waals surface area contributed by atoms with E-state index in [0.717, 1.165) is 25.8 Å². The molecule has 1 heterocycles. The van der Waals surface area contributed by atoms with Crippen LogP contribution in [0.25, 0.3) is 0 Å². The molecule has 92 valence electrons. The summed E-state index contributed by atoms with van der Waals surface area (Å²) in [5, 5.41) is 7.17. The highest BCUT2D eigenvalue weighted by Crippen LogP contribution is 2.22. The Labute approximate surface area is 105 Å². The Morgan fingerprint density at radius 2 is 2.53 bits per heavy atom. The number of nitrogens with zero attached hydrogens (tertiary/aromatic N) is 3. The first-order valence-corrected chi connectivity index (χ1v) is 6.77. The van der Waals surface area contributed by atoms with E-state index >= 15 is 0 Å². The molecule has 17 heavy (non-hydrogen) atoms. The molecule has 0 aromatic carbocycles. The number of rotatable bonds is 5. The number of allylic oxidation sites excluding steroid dienone is 2. The molecule has 1 aromatic rings. The Hall–Kier alpha value is -1.30. The van der Waals surface area contributed by atoms with Crippen LogP contribution in [0.1, 0.15) is 26.2 Å². The van der Waals surface area contributed by atoms with Crippen LogP contribution in [-0.2, 0) is 4.79 Å². The lowest BCUT2D eigenvalue weighted by molar-refractivity contribution is -0.126. The van der Waals surface area contributed by atoms with Crippen molar-refractivity contribution < 1.29 is 4.79 Å². The van der Waals surface area contributed by atoms with E-state index in [2.05, 4.69) is 21.3 Å². The molecule has 0 saturated heterocycles. The van der Waals surface area contributed by atoms with Gasteiger partial charge in [0.2, 0.25) is 5.91 Å². The maximum atomic E-state index is 12.1. The fourth-order valence-electron chi connectivity index (χ4n) is 1.91. The molecule has 0 atom stereocenters. The second-order valence-corrected chi connectivity index (χ2v) is 4.77. The Morgan fingerprint density at radius 1 is 1.65 bits per heavy atom. The number of hydrogen-bond acceptors (Lipinski definition) is 4. The highest BCUT2D eigenvalue weighted by Gasteiger charge is 2.18. The molecule has 1 amide bonds. The molecule has 0 aliphatic heterocycles. The molecule has 6 heteroatoms. The van der Waals surface area contributed by atoms with Gasteiger partial charge in [-0.05, 0) is 26.2 Å². The largest absolute Gasteiger partial charge is 0.316 e. The van der Waals surface area contributed by atoms with Gasteiger partial charge in [0, 0.05) is 12.2 Å². The molecule has 1 N–H and O–H groups in total. The van der Waals surface area contributed by atoms with Crippen LogP contribution < -0.4 is 0 Å². The molecule has 1 aliphatic rings. The third kappa shape index (κ3) is 3.09. The molecule has 5 nitrogen and oxygen atoms in total. The van der Waals surface area contributed by atoms with E-state index in [1.165, 1.54) is 23.8 Å². The SMILES string of the molecule is CCN(C(=O)CSc1ncn[nH]1)C1=CCCC1. The van der Waals surface area contributed by atoms with Gasteiger partial charge in [-0.1, -0.05) is 17.8 Å². The second kappa shape index (κ2) is 5.86. The summed E-state index contributed by atoms with van der Waals surface area (Å²) in [7, 11) is 0. The van der Waals surface area contributed by atoms with E-state index in [0.29, 0.717) is 10.9 Å². The third-order valence-corrected chi connectivity index (χ3v) is 3.57. The molecular weight excluding hydrogens is 236 g/mol. The number of H-pyrrole nitrogens is 1. The maximum absolute atomic E-state index is 12.1. The normalized spacial score (nSPS) is 14.8. The van der Waals surface area contributed by atoms with E-state index in [1.54, 1.807) is 0 Å². The Bertz CT molecular complexity index is 402. The summed E-state index contributed by atoms with van der Waals surface area (Å²) in [5.41, 5.74) is 1.18. The Morgan fingerprint density at radius 3 is 3.12 bits per heavy atom. The fraction of sp³-hybridized carbons (Fsp3) is 0.545. The molecule has 1 aliphatic carbocycles. The lowest BCUT2D eigenvalue weighted by Crippen LogP contribution is -2.31. The average Bonchev–Trinajstić information content (AvgIpc) is 3.00. The molecule has 0 bridgehead atoms. The summed E-state index contributed by atoms with van der Waals surface area (Å²) in [4.78, 5) is 17.9. The zero-order valence-electron chi connectivity index (χ0n) is 9.85. The fourth-order valence-corrected chi connectivity index (χ4v) is 2.57. The van der Waals surface area contributed by atoms with Crippen molar-refractivity contribution in [1.82, 2.24) is 20.1 Å². The van der Waals surface area contributed by atoms with Crippen LogP contribution in [-0.4, -0.2) is 38.3 Å². The molecule has 1 aromatic heterocycles. The number of aromatic nitrogens is 3. The van der Waals surface area contributed by atoms with Gasteiger partial charge in [-0.25, -0.2) is 4.98 Å². The number of carbonyl (C=O) groups is 1. The van der Waals surface area contributed by atoms with E-state index in [4.69, 9.17) is 0 Å². The quantitative estimate of drug-likeness (QED) is 0.812. The first-order valence-electron chi connectivity index (χ1n) is 5.79. The van der Waals surface area contributed by atoms with Crippen LogP contribution >= 0.6 is 11.8 Å². The Balaban J connectivity index is 1.89. The minimum absolute atomic E-state index is 0.141. The van der Waals surface area contributed by atoms with Crippen LogP contribution in [0.5, 0.6) is 0 Å². The number of aromatic amines is 1.